The van der Waals surface area contributed by atoms with Crippen LogP contribution in [0.15, 0.2) is 0 Å². The van der Waals surface area contributed by atoms with Crippen molar-refractivity contribution in [2.45, 2.75) is 497 Å². The highest BCUT2D eigenvalue weighted by Gasteiger charge is 2.31. The number of hydrogen-bond donors (Lipinski definition) is 3. The van der Waals surface area contributed by atoms with Crippen LogP contribution >= 0.6 is 15.6 Å². The van der Waals surface area contributed by atoms with Crippen LogP contribution in [0.25, 0.3) is 0 Å². The molecule has 0 heterocycles. The lowest BCUT2D eigenvalue weighted by Gasteiger charge is -2.21. The quantitative estimate of drug-likeness (QED) is 0.0222. The average molecular weight is 1590 g/mol. The molecule has 0 aliphatic carbocycles. The molecule has 0 aromatic carbocycles. The lowest BCUT2D eigenvalue weighted by atomic mass is 9.99. The number of carbonyl (C=O) groups is 4. The van der Waals surface area contributed by atoms with Crippen molar-refractivity contribution in [1.82, 2.24) is 0 Å². The van der Waals surface area contributed by atoms with Gasteiger partial charge in [-0.25, -0.2) is 9.13 Å². The zero-order valence-electron chi connectivity index (χ0n) is 72.0. The van der Waals surface area contributed by atoms with E-state index in [9.17, 15) is 43.2 Å². The van der Waals surface area contributed by atoms with Crippen molar-refractivity contribution in [3.63, 3.8) is 0 Å². The minimum atomic E-state index is -4.97. The van der Waals surface area contributed by atoms with E-state index in [0.29, 0.717) is 31.6 Å². The van der Waals surface area contributed by atoms with Gasteiger partial charge in [0.1, 0.15) is 19.3 Å². The van der Waals surface area contributed by atoms with E-state index >= 15 is 0 Å². The van der Waals surface area contributed by atoms with Gasteiger partial charge in [0.05, 0.1) is 26.4 Å². The van der Waals surface area contributed by atoms with E-state index < -0.39 is 97.5 Å². The zero-order valence-corrected chi connectivity index (χ0v) is 73.8. The first-order valence-electron chi connectivity index (χ1n) is 46.4. The summed E-state index contributed by atoms with van der Waals surface area (Å²) in [6, 6.07) is 0. The Morgan fingerprint density at radius 2 is 0.468 bits per heavy atom. The minimum absolute atomic E-state index is 0.107. The molecule has 17 nitrogen and oxygen atoms in total. The van der Waals surface area contributed by atoms with Crippen LogP contribution in [0.3, 0.4) is 0 Å². The van der Waals surface area contributed by atoms with Crippen LogP contribution in [0.4, 0.5) is 0 Å². The van der Waals surface area contributed by atoms with E-state index in [-0.39, 0.29) is 25.7 Å². The lowest BCUT2D eigenvalue weighted by Crippen LogP contribution is -2.30. The molecule has 0 saturated carbocycles. The van der Waals surface area contributed by atoms with Crippen molar-refractivity contribution in [1.29, 1.82) is 0 Å². The monoisotopic (exact) mass is 1590 g/mol. The number of phosphoric acid groups is 2. The number of carbonyl (C=O) groups excluding carboxylic acids is 4. The highest BCUT2D eigenvalue weighted by molar-refractivity contribution is 7.47. The summed E-state index contributed by atoms with van der Waals surface area (Å²) in [6.45, 7) is 12.0. The number of phosphoric ester groups is 2. The van der Waals surface area contributed by atoms with E-state index in [1.807, 2.05) is 0 Å². The topological polar surface area (TPSA) is 237 Å². The fraction of sp³-hybridized carbons (Fsp3) is 0.956. The first kappa shape index (κ1) is 107. The highest BCUT2D eigenvalue weighted by atomic mass is 31.2. The molecule has 0 amide bonds. The Balaban J connectivity index is 5.22. The van der Waals surface area contributed by atoms with Crippen LogP contribution in [-0.4, -0.2) is 96.7 Å². The Labute approximate surface area is 670 Å². The molecule has 6 atom stereocenters. The number of rotatable bonds is 88. The molecule has 19 heteroatoms. The van der Waals surface area contributed by atoms with Gasteiger partial charge in [-0.1, -0.05) is 427 Å². The number of aliphatic hydroxyl groups is 1. The van der Waals surface area contributed by atoms with E-state index in [4.69, 9.17) is 37.0 Å². The van der Waals surface area contributed by atoms with Crippen molar-refractivity contribution in [3.8, 4) is 0 Å². The van der Waals surface area contributed by atoms with Gasteiger partial charge in [-0.2, -0.15) is 0 Å². The maximum Gasteiger partial charge on any atom is 0.472 e. The number of unbranched alkanes of at least 4 members (excludes halogenated alkanes) is 55. The Hall–Kier alpha value is -1.94. The van der Waals surface area contributed by atoms with Gasteiger partial charge >= 0.3 is 39.5 Å². The fourth-order valence-electron chi connectivity index (χ4n) is 14.0. The SMILES string of the molecule is CCCCCCCCCCCCCCCCCCCCCCCCC(=O)O[C@H](COC(=O)CCCCCCCCCCCCCCCCCCC(C)C)COP(=O)(O)OC[C@@H](O)COP(=O)(O)OC[C@@H](COC(=O)CCCCCCCCCC(C)C)OC(=O)CCCCCCCCCCCCCCCCC(C)CC. The second-order valence-corrected chi connectivity index (χ2v) is 36.4. The Kier molecular flexibility index (Phi) is 78.5. The second kappa shape index (κ2) is 79.9. The van der Waals surface area contributed by atoms with Crippen molar-refractivity contribution in [2.24, 2.45) is 17.8 Å². The third-order valence-corrected chi connectivity index (χ3v) is 23.4. The van der Waals surface area contributed by atoms with Crippen LogP contribution in [0.2, 0.25) is 0 Å². The molecule has 0 aromatic heterocycles. The molecule has 0 radical (unpaired) electrons. The zero-order chi connectivity index (χ0) is 80.0. The van der Waals surface area contributed by atoms with Crippen LogP contribution in [-0.2, 0) is 65.4 Å². The average Bonchev–Trinajstić information content (AvgIpc) is 0.902. The van der Waals surface area contributed by atoms with Gasteiger partial charge < -0.3 is 33.8 Å². The first-order chi connectivity index (χ1) is 52.8. The summed E-state index contributed by atoms with van der Waals surface area (Å²) >= 11 is 0. The summed E-state index contributed by atoms with van der Waals surface area (Å²) < 4.78 is 69.0. The molecule has 0 saturated heterocycles. The Bertz CT molecular complexity index is 2100. The Morgan fingerprint density at radius 3 is 0.697 bits per heavy atom. The van der Waals surface area contributed by atoms with Crippen LogP contribution < -0.4 is 0 Å². The molecule has 0 fully saturated rings. The van der Waals surface area contributed by atoms with E-state index in [1.165, 1.54) is 283 Å². The molecular formula is C90H176O17P2. The van der Waals surface area contributed by atoms with E-state index in [1.54, 1.807) is 0 Å². The molecule has 0 aliphatic rings. The molecule has 0 rings (SSSR count). The molecule has 0 aromatic rings. The molecular weight excluding hydrogens is 1410 g/mol. The summed E-state index contributed by atoms with van der Waals surface area (Å²) in [6.07, 6.45) is 72.4. The van der Waals surface area contributed by atoms with E-state index in [2.05, 4.69) is 48.5 Å². The number of hydrogen-bond acceptors (Lipinski definition) is 15. The second-order valence-electron chi connectivity index (χ2n) is 33.5. The normalized spacial score (nSPS) is 14.1. The van der Waals surface area contributed by atoms with E-state index in [0.717, 1.165) is 108 Å². The van der Waals surface area contributed by atoms with Gasteiger partial charge in [0.25, 0.3) is 0 Å². The minimum Gasteiger partial charge on any atom is -0.462 e. The number of ether oxygens (including phenoxy) is 4. The molecule has 3 N–H and O–H groups in total. The van der Waals surface area contributed by atoms with Crippen LogP contribution in [0.1, 0.15) is 479 Å². The predicted octanol–water partition coefficient (Wildman–Crippen LogP) is 27.6. The smallest absolute Gasteiger partial charge is 0.462 e. The molecule has 0 spiro atoms. The molecule has 0 bridgehead atoms. The van der Waals surface area contributed by atoms with Gasteiger partial charge in [0.15, 0.2) is 12.2 Å². The maximum absolute atomic E-state index is 13.2. The third-order valence-electron chi connectivity index (χ3n) is 21.5. The van der Waals surface area contributed by atoms with Crippen LogP contribution in [0.5, 0.6) is 0 Å². The third kappa shape index (κ3) is 82.4. The van der Waals surface area contributed by atoms with Gasteiger partial charge in [-0.05, 0) is 43.4 Å². The largest absolute Gasteiger partial charge is 0.472 e. The van der Waals surface area contributed by atoms with Gasteiger partial charge in [0, 0.05) is 25.7 Å². The summed E-state index contributed by atoms with van der Waals surface area (Å²) in [4.78, 5) is 73.3. The molecule has 109 heavy (non-hydrogen) atoms. The van der Waals surface area contributed by atoms with Crippen molar-refractivity contribution >= 4 is 39.5 Å². The number of esters is 4. The van der Waals surface area contributed by atoms with Crippen LogP contribution in [0, 0.1) is 17.8 Å². The molecule has 3 unspecified atom stereocenters. The fourth-order valence-corrected chi connectivity index (χ4v) is 15.6. The lowest BCUT2D eigenvalue weighted by molar-refractivity contribution is -0.161. The predicted molar refractivity (Wildman–Crippen MR) is 451 cm³/mol. The van der Waals surface area contributed by atoms with Crippen molar-refractivity contribution in [2.75, 3.05) is 39.6 Å². The van der Waals surface area contributed by atoms with Gasteiger partial charge in [0.2, 0.25) is 0 Å². The summed E-state index contributed by atoms with van der Waals surface area (Å²) in [5, 5.41) is 10.7. The molecule has 648 valence electrons. The highest BCUT2D eigenvalue weighted by Crippen LogP contribution is 2.45. The summed E-state index contributed by atoms with van der Waals surface area (Å²) in [5.41, 5.74) is 0. The first-order valence-corrected chi connectivity index (χ1v) is 49.4. The molecule has 0 aliphatic heterocycles. The summed E-state index contributed by atoms with van der Waals surface area (Å²) in [5.74, 6) is 0.261. The standard InChI is InChI=1S/C90H176O17P2/c1-8-10-11-12-13-14-15-16-17-18-19-20-21-22-23-28-34-39-44-51-59-66-73-89(94)106-85(77-100-87(92)71-64-57-50-43-38-33-27-25-24-26-31-36-41-47-54-61-68-81(3)4)79-104-108(96,97)102-75-84(91)76-103-109(98,99)105-80-86(78-101-88(93)72-65-58-53-46-48-55-62-69-82(5)6)107-90(95)74-67-60-52-45-40-35-30-29-32-37-42-49-56-63-70-83(7)9-2/h81-86,91H,8-80H2,1-7H3,(H,96,97)(H,98,99)/t83?,84-,85-,86-/m1/s1. The van der Waals surface area contributed by atoms with Gasteiger partial charge in [-0.3, -0.25) is 37.3 Å². The van der Waals surface area contributed by atoms with Crippen molar-refractivity contribution in [3.05, 3.63) is 0 Å². The van der Waals surface area contributed by atoms with Crippen molar-refractivity contribution < 1.29 is 80.2 Å². The van der Waals surface area contributed by atoms with Gasteiger partial charge in [-0.15, -0.1) is 0 Å². The Morgan fingerprint density at radius 1 is 0.266 bits per heavy atom. The summed E-state index contributed by atoms with van der Waals surface area (Å²) in [7, 11) is -9.93. The number of aliphatic hydroxyl groups excluding tert-OH is 1. The maximum atomic E-state index is 13.2.